The molecule has 9 nitrogen and oxygen atoms in total. The second-order valence-electron chi connectivity index (χ2n) is 6.94. The predicted molar refractivity (Wildman–Crippen MR) is 117 cm³/mol. The lowest BCUT2D eigenvalue weighted by molar-refractivity contribution is 0.0994. The molecule has 15 heteroatoms. The predicted octanol–water partition coefficient (Wildman–Crippen LogP) is 4.91. The minimum absolute atomic E-state index is 0.0377. The van der Waals surface area contributed by atoms with Crippen LogP contribution in [0.15, 0.2) is 63.4 Å². The lowest BCUT2D eigenvalue weighted by Gasteiger charge is -2.07. The molecule has 184 valence electrons. The van der Waals surface area contributed by atoms with E-state index in [2.05, 4.69) is 20.1 Å². The number of alkyl halides is 4. The van der Waals surface area contributed by atoms with E-state index in [0.29, 0.717) is 10.7 Å². The minimum Gasteiger partial charge on any atom is -0.454 e. The molecule has 4 rings (SSSR count). The van der Waals surface area contributed by atoms with Gasteiger partial charge in [0.25, 0.3) is 28.8 Å². The van der Waals surface area contributed by atoms with Gasteiger partial charge in [-0.15, -0.1) is 11.3 Å². The van der Waals surface area contributed by atoms with Crippen LogP contribution in [0, 0.1) is 0 Å². The van der Waals surface area contributed by atoms with Gasteiger partial charge in [-0.05, 0) is 42.5 Å². The second-order valence-corrected chi connectivity index (χ2v) is 9.52. The molecule has 0 spiro atoms. The second kappa shape index (κ2) is 9.87. The summed E-state index contributed by atoms with van der Waals surface area (Å²) in [6.07, 6.45) is -4.60. The molecule has 3 aromatic heterocycles. The SMILES string of the molecule is O=C(Nc1ccc(S(=O)(=O)Nc2nccs2)cc1)c1ccc(Cn2nc(C(F)F)cc2C(F)F)o1. The molecular weight excluding hydrogens is 514 g/mol. The standard InChI is InChI=1S/C20H15F4N5O4S2/c21-17(22)14-9-15(18(23)24)29(27-14)10-12-3-6-16(33-12)19(30)26-11-1-4-13(5-2-11)35(31,32)28-20-25-7-8-34-20/h1-9,17-18H,10H2,(H,25,28)(H,26,30). The molecule has 2 N–H and O–H groups in total. The van der Waals surface area contributed by atoms with Gasteiger partial charge in [0, 0.05) is 17.3 Å². The molecule has 4 aromatic rings. The van der Waals surface area contributed by atoms with Crippen LogP contribution in [0.4, 0.5) is 28.4 Å². The monoisotopic (exact) mass is 529 g/mol. The van der Waals surface area contributed by atoms with Gasteiger partial charge in [0.1, 0.15) is 17.1 Å². The molecule has 0 aliphatic rings. The van der Waals surface area contributed by atoms with Gasteiger partial charge in [-0.3, -0.25) is 14.2 Å². The van der Waals surface area contributed by atoms with Gasteiger partial charge in [0.05, 0.1) is 11.4 Å². The fraction of sp³-hybridized carbons (Fsp3) is 0.150. The number of carbonyl (C=O) groups is 1. The molecular formula is C20H15F4N5O4S2. The Labute approximate surface area is 199 Å². The van der Waals surface area contributed by atoms with Crippen LogP contribution in [0.3, 0.4) is 0 Å². The first-order chi connectivity index (χ1) is 16.6. The Hall–Kier alpha value is -3.72. The number of nitrogens with zero attached hydrogens (tertiary/aromatic N) is 3. The number of amides is 1. The molecule has 3 heterocycles. The van der Waals surface area contributed by atoms with E-state index < -0.39 is 46.7 Å². The van der Waals surface area contributed by atoms with Crippen LogP contribution in [0.25, 0.3) is 0 Å². The number of halogens is 4. The molecule has 0 atom stereocenters. The molecule has 0 saturated carbocycles. The fourth-order valence-corrected chi connectivity index (χ4v) is 4.74. The average molecular weight is 529 g/mol. The molecule has 1 amide bonds. The molecule has 0 unspecified atom stereocenters. The van der Waals surface area contributed by atoms with Gasteiger partial charge in [-0.1, -0.05) is 0 Å². The fourth-order valence-electron chi connectivity index (χ4n) is 2.95. The zero-order valence-electron chi connectivity index (χ0n) is 17.4. The van der Waals surface area contributed by atoms with Crippen molar-refractivity contribution in [2.24, 2.45) is 0 Å². The number of aromatic nitrogens is 3. The summed E-state index contributed by atoms with van der Waals surface area (Å²) in [5, 5.41) is 7.80. The molecule has 0 aliphatic carbocycles. The number of benzene rings is 1. The Kier molecular flexibility index (Phi) is 6.88. The number of hydrogen-bond acceptors (Lipinski definition) is 7. The van der Waals surface area contributed by atoms with Crippen molar-refractivity contribution in [3.8, 4) is 0 Å². The van der Waals surface area contributed by atoms with Crippen LogP contribution >= 0.6 is 11.3 Å². The Bertz CT molecular complexity index is 1420. The molecule has 1 aromatic carbocycles. The smallest absolute Gasteiger partial charge is 0.291 e. The third kappa shape index (κ3) is 5.68. The highest BCUT2D eigenvalue weighted by Gasteiger charge is 2.22. The third-order valence-electron chi connectivity index (χ3n) is 4.54. The number of carbonyl (C=O) groups excluding carboxylic acids is 1. The topological polar surface area (TPSA) is 119 Å². The highest BCUT2D eigenvalue weighted by Crippen LogP contribution is 2.26. The number of sulfonamides is 1. The zero-order valence-corrected chi connectivity index (χ0v) is 19.0. The van der Waals surface area contributed by atoms with Crippen LogP contribution in [0.1, 0.15) is 40.6 Å². The Morgan fingerprint density at radius 1 is 1.09 bits per heavy atom. The number of furan rings is 1. The van der Waals surface area contributed by atoms with Crippen molar-refractivity contribution in [3.05, 3.63) is 76.9 Å². The molecule has 0 bridgehead atoms. The van der Waals surface area contributed by atoms with E-state index in [-0.39, 0.29) is 27.2 Å². The van der Waals surface area contributed by atoms with E-state index in [1.165, 1.54) is 42.6 Å². The minimum atomic E-state index is -3.86. The zero-order chi connectivity index (χ0) is 25.2. The highest BCUT2D eigenvalue weighted by molar-refractivity contribution is 7.93. The molecule has 0 radical (unpaired) electrons. The number of rotatable bonds is 9. The average Bonchev–Trinajstić information content (AvgIpc) is 3.55. The van der Waals surface area contributed by atoms with Crippen molar-refractivity contribution in [1.29, 1.82) is 0 Å². The Morgan fingerprint density at radius 2 is 1.83 bits per heavy atom. The van der Waals surface area contributed by atoms with Crippen molar-refractivity contribution in [2.75, 3.05) is 10.0 Å². The normalized spacial score (nSPS) is 11.8. The van der Waals surface area contributed by atoms with E-state index in [1.54, 1.807) is 5.38 Å². The summed E-state index contributed by atoms with van der Waals surface area (Å²) in [5.74, 6) is -0.840. The van der Waals surface area contributed by atoms with E-state index >= 15 is 0 Å². The van der Waals surface area contributed by atoms with E-state index in [0.717, 1.165) is 11.3 Å². The summed E-state index contributed by atoms with van der Waals surface area (Å²) < 4.78 is 85.0. The van der Waals surface area contributed by atoms with E-state index in [1.807, 2.05) is 0 Å². The van der Waals surface area contributed by atoms with Crippen LogP contribution in [-0.4, -0.2) is 29.1 Å². The molecule has 0 fully saturated rings. The van der Waals surface area contributed by atoms with Gasteiger partial charge in [-0.25, -0.2) is 31.0 Å². The largest absolute Gasteiger partial charge is 0.454 e. The van der Waals surface area contributed by atoms with E-state index in [4.69, 9.17) is 4.42 Å². The van der Waals surface area contributed by atoms with Gasteiger partial charge in [-0.2, -0.15) is 5.10 Å². The maximum absolute atomic E-state index is 13.1. The maximum atomic E-state index is 13.1. The Morgan fingerprint density at radius 3 is 2.46 bits per heavy atom. The molecule has 0 saturated heterocycles. The summed E-state index contributed by atoms with van der Waals surface area (Å²) >= 11 is 1.12. The first kappa shape index (κ1) is 24.4. The summed E-state index contributed by atoms with van der Waals surface area (Å²) in [4.78, 5) is 16.3. The molecule has 0 aliphatic heterocycles. The van der Waals surface area contributed by atoms with Crippen molar-refractivity contribution >= 4 is 38.1 Å². The summed E-state index contributed by atoms with van der Waals surface area (Å²) in [5.41, 5.74) is -1.24. The maximum Gasteiger partial charge on any atom is 0.291 e. The summed E-state index contributed by atoms with van der Waals surface area (Å²) in [7, 11) is -3.86. The summed E-state index contributed by atoms with van der Waals surface area (Å²) in [6.45, 7) is -0.391. The molecule has 35 heavy (non-hydrogen) atoms. The van der Waals surface area contributed by atoms with Gasteiger partial charge in [0.15, 0.2) is 10.9 Å². The quantitative estimate of drug-likeness (QED) is 0.298. The van der Waals surface area contributed by atoms with Crippen molar-refractivity contribution in [1.82, 2.24) is 14.8 Å². The number of thiazole rings is 1. The number of anilines is 2. The number of nitrogens with one attached hydrogen (secondary N) is 2. The van der Waals surface area contributed by atoms with Crippen LogP contribution in [0.2, 0.25) is 0 Å². The van der Waals surface area contributed by atoms with Crippen molar-refractivity contribution in [3.63, 3.8) is 0 Å². The lowest BCUT2D eigenvalue weighted by atomic mass is 10.3. The van der Waals surface area contributed by atoms with Gasteiger partial charge >= 0.3 is 0 Å². The first-order valence-electron chi connectivity index (χ1n) is 9.69. The van der Waals surface area contributed by atoms with Crippen molar-refractivity contribution < 1.29 is 35.2 Å². The number of hydrogen-bond donors (Lipinski definition) is 2. The van der Waals surface area contributed by atoms with E-state index in [9.17, 15) is 30.8 Å². The summed E-state index contributed by atoms with van der Waals surface area (Å²) in [6, 6.07) is 8.51. The highest BCUT2D eigenvalue weighted by atomic mass is 32.2. The van der Waals surface area contributed by atoms with Crippen LogP contribution in [0.5, 0.6) is 0 Å². The van der Waals surface area contributed by atoms with Crippen molar-refractivity contribution in [2.45, 2.75) is 24.3 Å². The first-order valence-corrected chi connectivity index (χ1v) is 12.0. The van der Waals surface area contributed by atoms with Crippen LogP contribution < -0.4 is 10.0 Å². The lowest BCUT2D eigenvalue weighted by Crippen LogP contribution is -2.14. The van der Waals surface area contributed by atoms with Gasteiger partial charge in [0.2, 0.25) is 0 Å². The Balaban J connectivity index is 1.42. The van der Waals surface area contributed by atoms with Gasteiger partial charge < -0.3 is 9.73 Å². The third-order valence-corrected chi connectivity index (χ3v) is 6.72. The van der Waals surface area contributed by atoms with Crippen LogP contribution in [-0.2, 0) is 16.6 Å².